The molecule has 0 fully saturated rings. The molecule has 0 saturated carbocycles. The highest BCUT2D eigenvalue weighted by Crippen LogP contribution is 2.46. The number of nitriles is 1. The molecule has 0 aliphatic carbocycles. The Balaban J connectivity index is 1.39. The van der Waals surface area contributed by atoms with Crippen molar-refractivity contribution in [2.45, 2.75) is 0 Å². The van der Waals surface area contributed by atoms with Gasteiger partial charge in [0.05, 0.1) is 28.2 Å². The zero-order valence-electron chi connectivity index (χ0n) is 24.3. The van der Waals surface area contributed by atoms with Gasteiger partial charge in [-0.15, -0.1) is 0 Å². The second-order valence-electron chi connectivity index (χ2n) is 11.5. The van der Waals surface area contributed by atoms with Gasteiger partial charge in [-0.2, -0.15) is 5.26 Å². The lowest BCUT2D eigenvalue weighted by molar-refractivity contribution is 1.18. The van der Waals surface area contributed by atoms with Crippen molar-refractivity contribution in [3.05, 3.63) is 157 Å². The maximum Gasteiger partial charge on any atom is 0.0991 e. The van der Waals surface area contributed by atoms with E-state index in [4.69, 9.17) is 4.98 Å². The maximum atomic E-state index is 9.79. The minimum atomic E-state index is 0.656. The van der Waals surface area contributed by atoms with E-state index >= 15 is 0 Å². The summed E-state index contributed by atoms with van der Waals surface area (Å²) >= 11 is 0. The third-order valence-corrected chi connectivity index (χ3v) is 9.03. The standard InChI is InChI=1S/C42H25N3/c43-26-27-19-21-38-36(24-27)37-25-29(20-22-39(37)45(38)30-12-2-1-3-13-30)40-31-14-4-6-16-33(31)41(34-17-7-5-15-32(34)40)35-18-8-10-28-11-9-23-44-42(28)35/h1-25H. The lowest BCUT2D eigenvalue weighted by atomic mass is 9.85. The summed E-state index contributed by atoms with van der Waals surface area (Å²) in [4.78, 5) is 4.83. The van der Waals surface area contributed by atoms with E-state index in [1.165, 1.54) is 32.7 Å². The van der Waals surface area contributed by atoms with Crippen LogP contribution in [-0.2, 0) is 0 Å². The summed E-state index contributed by atoms with van der Waals surface area (Å²) in [5.41, 5.74) is 9.65. The van der Waals surface area contributed by atoms with Gasteiger partial charge in [-0.25, -0.2) is 0 Å². The average Bonchev–Trinajstić information content (AvgIpc) is 3.43. The van der Waals surface area contributed by atoms with Crippen molar-refractivity contribution >= 4 is 54.3 Å². The van der Waals surface area contributed by atoms with Gasteiger partial charge in [0.1, 0.15) is 0 Å². The molecule has 45 heavy (non-hydrogen) atoms. The first kappa shape index (κ1) is 25.3. The first-order valence-corrected chi connectivity index (χ1v) is 15.1. The Labute approximate surface area is 259 Å². The highest BCUT2D eigenvalue weighted by atomic mass is 15.0. The lowest BCUT2D eigenvalue weighted by Crippen LogP contribution is -1.94. The fourth-order valence-corrected chi connectivity index (χ4v) is 7.14. The lowest BCUT2D eigenvalue weighted by Gasteiger charge is -2.18. The molecule has 0 aliphatic heterocycles. The number of hydrogen-bond acceptors (Lipinski definition) is 2. The zero-order chi connectivity index (χ0) is 29.9. The van der Waals surface area contributed by atoms with Gasteiger partial charge in [-0.3, -0.25) is 4.98 Å². The Morgan fingerprint density at radius 1 is 0.511 bits per heavy atom. The van der Waals surface area contributed by atoms with E-state index in [-0.39, 0.29) is 0 Å². The molecule has 7 aromatic carbocycles. The molecule has 9 rings (SSSR count). The molecule has 0 N–H and O–H groups in total. The smallest absolute Gasteiger partial charge is 0.0991 e. The van der Waals surface area contributed by atoms with Crippen LogP contribution >= 0.6 is 0 Å². The molecular formula is C42H25N3. The molecule has 3 heteroatoms. The van der Waals surface area contributed by atoms with Gasteiger partial charge in [-0.1, -0.05) is 97.1 Å². The van der Waals surface area contributed by atoms with Crippen molar-refractivity contribution < 1.29 is 0 Å². The third kappa shape index (κ3) is 3.80. The summed E-state index contributed by atoms with van der Waals surface area (Å²) in [7, 11) is 0. The summed E-state index contributed by atoms with van der Waals surface area (Å²) in [5, 5.41) is 17.9. The average molecular weight is 572 g/mol. The van der Waals surface area contributed by atoms with Crippen LogP contribution in [0.5, 0.6) is 0 Å². The highest BCUT2D eigenvalue weighted by molar-refractivity contribution is 6.24. The minimum Gasteiger partial charge on any atom is -0.309 e. The van der Waals surface area contributed by atoms with Gasteiger partial charge in [-0.05, 0) is 86.8 Å². The fourth-order valence-electron chi connectivity index (χ4n) is 7.14. The topological polar surface area (TPSA) is 41.6 Å². The molecule has 0 aliphatic rings. The summed E-state index contributed by atoms with van der Waals surface area (Å²) < 4.78 is 2.29. The monoisotopic (exact) mass is 571 g/mol. The fraction of sp³-hybridized carbons (Fsp3) is 0. The number of benzene rings is 7. The molecule has 0 unspecified atom stereocenters. The van der Waals surface area contributed by atoms with Gasteiger partial charge in [0, 0.05) is 33.6 Å². The Kier molecular flexibility index (Phi) is 5.57. The van der Waals surface area contributed by atoms with Gasteiger partial charge in [0.25, 0.3) is 0 Å². The largest absolute Gasteiger partial charge is 0.309 e. The molecule has 2 heterocycles. The van der Waals surface area contributed by atoms with E-state index in [0.717, 1.165) is 49.5 Å². The third-order valence-electron chi connectivity index (χ3n) is 9.03. The van der Waals surface area contributed by atoms with Crippen molar-refractivity contribution in [1.82, 2.24) is 9.55 Å². The highest BCUT2D eigenvalue weighted by Gasteiger charge is 2.20. The molecule has 0 spiro atoms. The van der Waals surface area contributed by atoms with E-state index in [2.05, 4.69) is 132 Å². The van der Waals surface area contributed by atoms with Crippen molar-refractivity contribution in [1.29, 1.82) is 5.26 Å². The quantitative estimate of drug-likeness (QED) is 0.198. The molecule has 0 radical (unpaired) electrons. The van der Waals surface area contributed by atoms with Gasteiger partial charge < -0.3 is 4.57 Å². The van der Waals surface area contributed by atoms with Crippen LogP contribution in [0.1, 0.15) is 5.56 Å². The molecular weight excluding hydrogens is 546 g/mol. The summed E-state index contributed by atoms with van der Waals surface area (Å²) in [6.07, 6.45) is 1.88. The Bertz CT molecular complexity index is 2600. The van der Waals surface area contributed by atoms with Crippen molar-refractivity contribution in [3.8, 4) is 34.0 Å². The maximum absolute atomic E-state index is 9.79. The summed E-state index contributed by atoms with van der Waals surface area (Å²) in [5.74, 6) is 0. The van der Waals surface area contributed by atoms with Crippen LogP contribution < -0.4 is 0 Å². The summed E-state index contributed by atoms with van der Waals surface area (Å²) in [6, 6.07) is 53.6. The van der Waals surface area contributed by atoms with Crippen LogP contribution in [-0.4, -0.2) is 9.55 Å². The van der Waals surface area contributed by atoms with Crippen LogP contribution in [0.4, 0.5) is 0 Å². The molecule has 9 aromatic rings. The van der Waals surface area contributed by atoms with Gasteiger partial charge in [0.15, 0.2) is 0 Å². The van der Waals surface area contributed by atoms with Crippen molar-refractivity contribution in [2.75, 3.05) is 0 Å². The van der Waals surface area contributed by atoms with Gasteiger partial charge >= 0.3 is 0 Å². The van der Waals surface area contributed by atoms with E-state index in [1.54, 1.807) is 0 Å². The van der Waals surface area contributed by atoms with Gasteiger partial charge in [0.2, 0.25) is 0 Å². The second-order valence-corrected chi connectivity index (χ2v) is 11.5. The molecule has 0 saturated heterocycles. The number of aromatic nitrogens is 2. The van der Waals surface area contributed by atoms with Crippen LogP contribution in [0.25, 0.3) is 82.2 Å². The number of pyridine rings is 1. The Morgan fingerprint density at radius 3 is 1.84 bits per heavy atom. The van der Waals surface area contributed by atoms with Crippen LogP contribution in [0.3, 0.4) is 0 Å². The van der Waals surface area contributed by atoms with Crippen molar-refractivity contribution in [2.24, 2.45) is 0 Å². The minimum absolute atomic E-state index is 0.656. The Morgan fingerprint density at radius 2 is 1.13 bits per heavy atom. The first-order chi connectivity index (χ1) is 22.3. The molecule has 2 aromatic heterocycles. The van der Waals surface area contributed by atoms with Crippen LogP contribution in [0, 0.1) is 11.3 Å². The number of fused-ring (bicyclic) bond motifs is 6. The zero-order valence-corrected chi connectivity index (χ0v) is 24.3. The number of rotatable bonds is 3. The van der Waals surface area contributed by atoms with E-state index in [0.29, 0.717) is 5.56 Å². The predicted octanol–water partition coefficient (Wildman–Crippen LogP) is 10.8. The molecule has 3 nitrogen and oxygen atoms in total. The number of para-hydroxylation sites is 2. The SMILES string of the molecule is N#Cc1ccc2c(c1)c1cc(-c3c4ccccc4c(-c4cccc5cccnc45)c4ccccc34)ccc1n2-c1ccccc1. The molecule has 0 bridgehead atoms. The summed E-state index contributed by atoms with van der Waals surface area (Å²) in [6.45, 7) is 0. The normalized spacial score (nSPS) is 11.5. The molecule has 208 valence electrons. The van der Waals surface area contributed by atoms with Crippen LogP contribution in [0.15, 0.2) is 152 Å². The molecule has 0 atom stereocenters. The second kappa shape index (κ2) is 9.91. The number of hydrogen-bond donors (Lipinski definition) is 0. The van der Waals surface area contributed by atoms with E-state index < -0.39 is 0 Å². The number of nitrogens with zero attached hydrogens (tertiary/aromatic N) is 3. The predicted molar refractivity (Wildman–Crippen MR) is 187 cm³/mol. The van der Waals surface area contributed by atoms with Crippen molar-refractivity contribution in [3.63, 3.8) is 0 Å². The van der Waals surface area contributed by atoms with Crippen LogP contribution in [0.2, 0.25) is 0 Å². The van der Waals surface area contributed by atoms with E-state index in [9.17, 15) is 5.26 Å². The Hall–Kier alpha value is -6.24. The van der Waals surface area contributed by atoms with E-state index in [1.807, 2.05) is 30.5 Å². The molecule has 0 amide bonds. The first-order valence-electron chi connectivity index (χ1n) is 15.1.